The Labute approximate surface area is 214 Å². The van der Waals surface area contributed by atoms with E-state index in [-0.39, 0.29) is 41.8 Å². The van der Waals surface area contributed by atoms with Crippen LogP contribution in [-0.4, -0.2) is 38.8 Å². The van der Waals surface area contributed by atoms with Crippen LogP contribution in [0.2, 0.25) is 0 Å². The predicted molar refractivity (Wildman–Crippen MR) is 141 cm³/mol. The number of hydrogen-bond donors (Lipinski definition) is 1. The molecule has 0 aromatic heterocycles. The van der Waals surface area contributed by atoms with Crippen molar-refractivity contribution in [3.63, 3.8) is 0 Å². The summed E-state index contributed by atoms with van der Waals surface area (Å²) in [5.74, 6) is 0.230. The highest BCUT2D eigenvalue weighted by Crippen LogP contribution is 2.33. The maximum absolute atomic E-state index is 13.5. The highest BCUT2D eigenvalue weighted by atomic mass is 32.2. The first kappa shape index (κ1) is 25.9. The molecule has 1 amide bonds. The highest BCUT2D eigenvalue weighted by molar-refractivity contribution is 7.89. The van der Waals surface area contributed by atoms with E-state index in [1.165, 1.54) is 11.4 Å². The van der Waals surface area contributed by atoms with Gasteiger partial charge in [-0.1, -0.05) is 80.6 Å². The van der Waals surface area contributed by atoms with Crippen LogP contribution in [0.5, 0.6) is 5.75 Å². The standard InChI is InChI=1S/C29H34N2O4S/c1-21(2)25-14-15-26(35-3)27(20-25)36(33,34)31-18-16-24(17-19-31)29(32)30-28(22-10-6-4-7-11-22)23-12-8-5-9-13-23/h4-15,20-21,24,28H,16-19H2,1-3H3,(H,30,32). The number of carbonyl (C=O) groups is 1. The molecule has 1 saturated heterocycles. The maximum Gasteiger partial charge on any atom is 0.246 e. The van der Waals surface area contributed by atoms with Crippen molar-refractivity contribution in [1.82, 2.24) is 9.62 Å². The number of nitrogens with one attached hydrogen (secondary N) is 1. The van der Waals surface area contributed by atoms with Gasteiger partial charge in [-0.05, 0) is 47.6 Å². The molecule has 3 aromatic carbocycles. The average Bonchev–Trinajstić information content (AvgIpc) is 2.92. The maximum atomic E-state index is 13.5. The molecule has 1 N–H and O–H groups in total. The van der Waals surface area contributed by atoms with Gasteiger partial charge in [0.05, 0.1) is 13.2 Å². The van der Waals surface area contributed by atoms with E-state index < -0.39 is 10.0 Å². The lowest BCUT2D eigenvalue weighted by Crippen LogP contribution is -2.43. The van der Waals surface area contributed by atoms with Crippen molar-refractivity contribution in [3.8, 4) is 5.75 Å². The third-order valence-corrected chi connectivity index (χ3v) is 8.77. The molecule has 0 bridgehead atoms. The van der Waals surface area contributed by atoms with Gasteiger partial charge in [0, 0.05) is 19.0 Å². The van der Waals surface area contributed by atoms with E-state index in [9.17, 15) is 13.2 Å². The molecule has 4 rings (SSSR count). The fourth-order valence-corrected chi connectivity index (χ4v) is 6.32. The molecule has 1 aliphatic rings. The number of sulfonamides is 1. The van der Waals surface area contributed by atoms with Crippen LogP contribution < -0.4 is 10.1 Å². The summed E-state index contributed by atoms with van der Waals surface area (Å²) in [5.41, 5.74) is 2.96. The first-order valence-electron chi connectivity index (χ1n) is 12.4. The van der Waals surface area contributed by atoms with Crippen LogP contribution in [-0.2, 0) is 14.8 Å². The Kier molecular flexibility index (Phi) is 8.11. The SMILES string of the molecule is COc1ccc(C(C)C)cc1S(=O)(=O)N1CCC(C(=O)NC(c2ccccc2)c2ccccc2)CC1. The number of methoxy groups -OCH3 is 1. The summed E-state index contributed by atoms with van der Waals surface area (Å²) >= 11 is 0. The molecule has 0 atom stereocenters. The number of benzene rings is 3. The molecule has 1 aliphatic heterocycles. The molecular formula is C29H34N2O4S. The molecule has 0 unspecified atom stereocenters. The van der Waals surface area contributed by atoms with Crippen LogP contribution in [0.15, 0.2) is 83.8 Å². The van der Waals surface area contributed by atoms with Gasteiger partial charge in [0.1, 0.15) is 10.6 Å². The minimum Gasteiger partial charge on any atom is -0.495 e. The van der Waals surface area contributed by atoms with Crippen LogP contribution in [0.4, 0.5) is 0 Å². The normalized spacial score (nSPS) is 15.2. The zero-order valence-corrected chi connectivity index (χ0v) is 21.9. The van der Waals surface area contributed by atoms with Crippen molar-refractivity contribution >= 4 is 15.9 Å². The van der Waals surface area contributed by atoms with Crippen molar-refractivity contribution < 1.29 is 17.9 Å². The Balaban J connectivity index is 1.48. The Hall–Kier alpha value is -3.16. The summed E-state index contributed by atoms with van der Waals surface area (Å²) in [4.78, 5) is 13.5. The summed E-state index contributed by atoms with van der Waals surface area (Å²) in [6, 6.07) is 24.8. The highest BCUT2D eigenvalue weighted by Gasteiger charge is 2.34. The Morgan fingerprint density at radius 1 is 0.889 bits per heavy atom. The molecule has 0 spiro atoms. The Morgan fingerprint density at radius 3 is 1.94 bits per heavy atom. The van der Waals surface area contributed by atoms with E-state index in [4.69, 9.17) is 4.74 Å². The number of amides is 1. The van der Waals surface area contributed by atoms with Crippen molar-refractivity contribution in [3.05, 3.63) is 95.6 Å². The molecular weight excluding hydrogens is 472 g/mol. The van der Waals surface area contributed by atoms with Gasteiger partial charge < -0.3 is 10.1 Å². The van der Waals surface area contributed by atoms with Gasteiger partial charge in [-0.25, -0.2) is 8.42 Å². The summed E-state index contributed by atoms with van der Waals surface area (Å²) in [7, 11) is -2.26. The summed E-state index contributed by atoms with van der Waals surface area (Å²) < 4.78 is 33.9. The number of piperidine rings is 1. The molecule has 0 saturated carbocycles. The topological polar surface area (TPSA) is 75.7 Å². The molecule has 3 aromatic rings. The number of carbonyl (C=O) groups excluding carboxylic acids is 1. The van der Waals surface area contributed by atoms with E-state index >= 15 is 0 Å². The van der Waals surface area contributed by atoms with Gasteiger partial charge in [-0.2, -0.15) is 4.31 Å². The van der Waals surface area contributed by atoms with E-state index in [0.717, 1.165) is 16.7 Å². The minimum atomic E-state index is -3.74. The molecule has 7 heteroatoms. The quantitative estimate of drug-likeness (QED) is 0.460. The second kappa shape index (κ2) is 11.3. The van der Waals surface area contributed by atoms with Gasteiger partial charge in [0.25, 0.3) is 0 Å². The number of rotatable bonds is 8. The van der Waals surface area contributed by atoms with E-state index in [1.54, 1.807) is 12.1 Å². The second-order valence-corrected chi connectivity index (χ2v) is 11.4. The Morgan fingerprint density at radius 2 is 1.44 bits per heavy atom. The van der Waals surface area contributed by atoms with Crippen LogP contribution in [0.25, 0.3) is 0 Å². The molecule has 1 heterocycles. The van der Waals surface area contributed by atoms with Crippen LogP contribution in [0, 0.1) is 5.92 Å². The largest absolute Gasteiger partial charge is 0.495 e. The van der Waals surface area contributed by atoms with Crippen LogP contribution in [0.1, 0.15) is 55.3 Å². The minimum absolute atomic E-state index is 0.0517. The first-order chi connectivity index (χ1) is 17.3. The zero-order valence-electron chi connectivity index (χ0n) is 21.1. The monoisotopic (exact) mass is 506 g/mol. The summed E-state index contributed by atoms with van der Waals surface area (Å²) in [6.07, 6.45) is 0.932. The van der Waals surface area contributed by atoms with E-state index in [1.807, 2.05) is 80.6 Å². The smallest absolute Gasteiger partial charge is 0.246 e. The van der Waals surface area contributed by atoms with Crippen molar-refractivity contribution in [2.24, 2.45) is 5.92 Å². The molecule has 36 heavy (non-hydrogen) atoms. The van der Waals surface area contributed by atoms with E-state index in [2.05, 4.69) is 5.32 Å². The first-order valence-corrected chi connectivity index (χ1v) is 13.8. The van der Waals surface area contributed by atoms with Gasteiger partial charge in [0.15, 0.2) is 0 Å². The molecule has 190 valence electrons. The lowest BCUT2D eigenvalue weighted by molar-refractivity contribution is -0.126. The number of ether oxygens (including phenoxy) is 1. The van der Waals surface area contributed by atoms with Crippen LogP contribution >= 0.6 is 0 Å². The van der Waals surface area contributed by atoms with Crippen molar-refractivity contribution in [2.75, 3.05) is 20.2 Å². The summed E-state index contributed by atoms with van der Waals surface area (Å²) in [6.45, 7) is 4.63. The average molecular weight is 507 g/mol. The van der Waals surface area contributed by atoms with Crippen molar-refractivity contribution in [2.45, 2.75) is 43.5 Å². The predicted octanol–water partition coefficient (Wildman–Crippen LogP) is 5.13. The lowest BCUT2D eigenvalue weighted by atomic mass is 9.94. The fraction of sp³-hybridized carbons (Fsp3) is 0.345. The molecule has 1 fully saturated rings. The van der Waals surface area contributed by atoms with Gasteiger partial charge in [0.2, 0.25) is 15.9 Å². The van der Waals surface area contributed by atoms with Gasteiger partial charge in [-0.15, -0.1) is 0 Å². The molecule has 6 nitrogen and oxygen atoms in total. The summed E-state index contributed by atoms with van der Waals surface area (Å²) in [5, 5.41) is 3.22. The van der Waals surface area contributed by atoms with E-state index in [0.29, 0.717) is 18.6 Å². The third-order valence-electron chi connectivity index (χ3n) is 6.85. The lowest BCUT2D eigenvalue weighted by Gasteiger charge is -2.32. The van der Waals surface area contributed by atoms with Gasteiger partial charge >= 0.3 is 0 Å². The zero-order chi connectivity index (χ0) is 25.7. The number of hydrogen-bond acceptors (Lipinski definition) is 4. The third kappa shape index (κ3) is 5.63. The van der Waals surface area contributed by atoms with Crippen molar-refractivity contribution in [1.29, 1.82) is 0 Å². The fourth-order valence-electron chi connectivity index (χ4n) is 4.66. The molecule has 0 aliphatic carbocycles. The van der Waals surface area contributed by atoms with Crippen LogP contribution in [0.3, 0.4) is 0 Å². The number of nitrogens with zero attached hydrogens (tertiary/aromatic N) is 1. The molecule has 0 radical (unpaired) electrons. The van der Waals surface area contributed by atoms with Gasteiger partial charge in [-0.3, -0.25) is 4.79 Å². The Bertz CT molecular complexity index is 1230. The second-order valence-electron chi connectivity index (χ2n) is 9.51.